The van der Waals surface area contributed by atoms with Gasteiger partial charge in [-0.05, 0) is 37.9 Å². The molecule has 1 aromatic rings. The van der Waals surface area contributed by atoms with E-state index in [2.05, 4.69) is 9.88 Å². The first-order chi connectivity index (χ1) is 10.6. The zero-order valence-electron chi connectivity index (χ0n) is 12.9. The summed E-state index contributed by atoms with van der Waals surface area (Å²) < 4.78 is 0. The number of likely N-dealkylation sites (N-methyl/N-ethyl adjacent to an activating group) is 1. The van der Waals surface area contributed by atoms with Gasteiger partial charge in [0.1, 0.15) is 6.54 Å². The van der Waals surface area contributed by atoms with Gasteiger partial charge in [0.2, 0.25) is 5.91 Å². The molecule has 1 N–H and O–H groups in total. The van der Waals surface area contributed by atoms with Crippen molar-refractivity contribution in [2.45, 2.75) is 38.8 Å². The fraction of sp³-hybridized carbons (Fsp3) is 0.562. The number of hydrogen-bond donors (Lipinski definition) is 1. The van der Waals surface area contributed by atoms with Crippen molar-refractivity contribution in [3.8, 4) is 0 Å². The summed E-state index contributed by atoms with van der Waals surface area (Å²) in [4.78, 5) is 31.5. The number of amides is 1. The van der Waals surface area contributed by atoms with Crippen LogP contribution in [0, 0.1) is 0 Å². The largest absolute Gasteiger partial charge is 0.480 e. The number of aromatic nitrogens is 1. The first-order valence-corrected chi connectivity index (χ1v) is 7.76. The number of carbonyl (C=O) groups excluding carboxylic acids is 1. The molecule has 0 aromatic carbocycles. The molecular formula is C16H23N3O3. The first-order valence-electron chi connectivity index (χ1n) is 7.76. The molecule has 2 heterocycles. The smallest absolute Gasteiger partial charge is 0.323 e. The number of carboxylic acids is 1. The van der Waals surface area contributed by atoms with Gasteiger partial charge in [-0.25, -0.2) is 0 Å². The number of likely N-dealkylation sites (tertiary alicyclic amines) is 1. The van der Waals surface area contributed by atoms with Crippen LogP contribution in [0.1, 0.15) is 31.9 Å². The van der Waals surface area contributed by atoms with Crippen molar-refractivity contribution in [3.63, 3.8) is 0 Å². The molecular weight excluding hydrogens is 282 g/mol. The minimum absolute atomic E-state index is 0.0716. The molecule has 1 aliphatic heterocycles. The monoisotopic (exact) mass is 305 g/mol. The van der Waals surface area contributed by atoms with E-state index in [0.717, 1.165) is 31.5 Å². The summed E-state index contributed by atoms with van der Waals surface area (Å²) in [5, 5.41) is 8.98. The van der Waals surface area contributed by atoms with E-state index in [0.29, 0.717) is 13.1 Å². The second kappa shape index (κ2) is 7.89. The third-order valence-corrected chi connectivity index (χ3v) is 4.02. The molecule has 0 saturated carbocycles. The van der Waals surface area contributed by atoms with Crippen molar-refractivity contribution >= 4 is 11.9 Å². The number of carboxylic acid groups (broad SMARTS) is 1. The minimum atomic E-state index is -0.957. The summed E-state index contributed by atoms with van der Waals surface area (Å²) in [6.45, 7) is 3.67. The lowest BCUT2D eigenvalue weighted by Crippen LogP contribution is -2.48. The van der Waals surface area contributed by atoms with E-state index in [-0.39, 0.29) is 18.5 Å². The number of rotatable bonds is 6. The van der Waals surface area contributed by atoms with Crippen LogP contribution in [0.2, 0.25) is 0 Å². The third kappa shape index (κ3) is 4.27. The van der Waals surface area contributed by atoms with Crippen LogP contribution < -0.4 is 0 Å². The highest BCUT2D eigenvalue weighted by Crippen LogP contribution is 2.19. The number of nitrogens with zero attached hydrogens (tertiary/aromatic N) is 3. The number of hydrogen-bond acceptors (Lipinski definition) is 4. The maximum absolute atomic E-state index is 12.7. The van der Waals surface area contributed by atoms with Crippen LogP contribution in [0.3, 0.4) is 0 Å². The van der Waals surface area contributed by atoms with Crippen LogP contribution in [-0.2, 0) is 16.1 Å². The molecule has 22 heavy (non-hydrogen) atoms. The highest BCUT2D eigenvalue weighted by Gasteiger charge is 2.32. The van der Waals surface area contributed by atoms with Gasteiger partial charge in [-0.1, -0.05) is 13.0 Å². The van der Waals surface area contributed by atoms with E-state index in [1.165, 1.54) is 4.90 Å². The molecule has 1 saturated heterocycles. The second-order valence-corrected chi connectivity index (χ2v) is 5.55. The van der Waals surface area contributed by atoms with Gasteiger partial charge < -0.3 is 10.0 Å². The van der Waals surface area contributed by atoms with Crippen LogP contribution in [0.4, 0.5) is 0 Å². The molecule has 1 unspecified atom stereocenters. The fourth-order valence-electron chi connectivity index (χ4n) is 2.89. The summed E-state index contributed by atoms with van der Waals surface area (Å²) in [5.74, 6) is -1.03. The molecule has 0 radical (unpaired) electrons. The lowest BCUT2D eigenvalue weighted by molar-refractivity contribution is -0.146. The average molecular weight is 305 g/mol. The Morgan fingerprint density at radius 2 is 2.27 bits per heavy atom. The van der Waals surface area contributed by atoms with Crippen molar-refractivity contribution in [2.24, 2.45) is 0 Å². The zero-order valence-corrected chi connectivity index (χ0v) is 12.9. The Bertz CT molecular complexity index is 507. The van der Waals surface area contributed by atoms with E-state index < -0.39 is 5.97 Å². The van der Waals surface area contributed by atoms with Gasteiger partial charge in [-0.15, -0.1) is 0 Å². The maximum atomic E-state index is 12.7. The predicted molar refractivity (Wildman–Crippen MR) is 82.2 cm³/mol. The summed E-state index contributed by atoms with van der Waals surface area (Å²) in [7, 11) is 0. The molecule has 0 spiro atoms. The van der Waals surface area contributed by atoms with Gasteiger partial charge in [0, 0.05) is 19.3 Å². The Morgan fingerprint density at radius 1 is 1.45 bits per heavy atom. The molecule has 1 atom stereocenters. The number of pyridine rings is 1. The van der Waals surface area contributed by atoms with Crippen molar-refractivity contribution in [3.05, 3.63) is 30.1 Å². The van der Waals surface area contributed by atoms with Crippen molar-refractivity contribution in [1.29, 1.82) is 0 Å². The van der Waals surface area contributed by atoms with Crippen LogP contribution in [0.5, 0.6) is 0 Å². The van der Waals surface area contributed by atoms with Crippen molar-refractivity contribution < 1.29 is 14.7 Å². The van der Waals surface area contributed by atoms with Crippen LogP contribution in [0.15, 0.2) is 24.4 Å². The summed E-state index contributed by atoms with van der Waals surface area (Å²) in [6, 6.07) is 5.49. The SMILES string of the molecule is CCN(Cc1ccccn1)C1CCCCN(CC(=O)O)C1=O. The van der Waals surface area contributed by atoms with E-state index >= 15 is 0 Å². The average Bonchev–Trinajstić information content (AvgIpc) is 2.68. The topological polar surface area (TPSA) is 73.7 Å². The zero-order chi connectivity index (χ0) is 15.9. The van der Waals surface area contributed by atoms with E-state index in [4.69, 9.17) is 5.11 Å². The van der Waals surface area contributed by atoms with Gasteiger partial charge in [0.15, 0.2) is 0 Å². The van der Waals surface area contributed by atoms with E-state index in [1.54, 1.807) is 6.20 Å². The minimum Gasteiger partial charge on any atom is -0.480 e. The molecule has 0 bridgehead atoms. The fourth-order valence-corrected chi connectivity index (χ4v) is 2.89. The molecule has 2 rings (SSSR count). The highest BCUT2D eigenvalue weighted by molar-refractivity contribution is 5.85. The van der Waals surface area contributed by atoms with E-state index in [9.17, 15) is 9.59 Å². The maximum Gasteiger partial charge on any atom is 0.323 e. The second-order valence-electron chi connectivity index (χ2n) is 5.55. The Balaban J connectivity index is 2.11. The Labute approximate surface area is 130 Å². The lowest BCUT2D eigenvalue weighted by atomic mass is 10.1. The molecule has 6 nitrogen and oxygen atoms in total. The lowest BCUT2D eigenvalue weighted by Gasteiger charge is -2.31. The normalized spacial score (nSPS) is 19.3. The summed E-state index contributed by atoms with van der Waals surface area (Å²) >= 11 is 0. The number of carbonyl (C=O) groups is 2. The predicted octanol–water partition coefficient (Wildman–Crippen LogP) is 1.37. The molecule has 120 valence electrons. The van der Waals surface area contributed by atoms with Gasteiger partial charge in [0.25, 0.3) is 0 Å². The Kier molecular flexibility index (Phi) is 5.89. The first kappa shape index (κ1) is 16.4. The van der Waals surface area contributed by atoms with Crippen LogP contribution >= 0.6 is 0 Å². The van der Waals surface area contributed by atoms with Gasteiger partial charge in [-0.2, -0.15) is 0 Å². The number of aliphatic carboxylic acids is 1. The quantitative estimate of drug-likeness (QED) is 0.859. The standard InChI is InChI=1S/C16H23N3O3/c1-2-18(11-13-7-3-5-9-17-13)14-8-4-6-10-19(16(14)22)12-15(20)21/h3,5,7,9,14H,2,4,6,8,10-12H2,1H3,(H,20,21). The molecule has 1 amide bonds. The molecule has 1 fully saturated rings. The van der Waals surface area contributed by atoms with Crippen molar-refractivity contribution in [2.75, 3.05) is 19.6 Å². The third-order valence-electron chi connectivity index (χ3n) is 4.02. The molecule has 0 aliphatic carbocycles. The highest BCUT2D eigenvalue weighted by atomic mass is 16.4. The van der Waals surface area contributed by atoms with Gasteiger partial charge in [0.05, 0.1) is 11.7 Å². The Morgan fingerprint density at radius 3 is 2.91 bits per heavy atom. The summed E-state index contributed by atoms with van der Waals surface area (Å²) in [6.07, 6.45) is 4.31. The van der Waals surface area contributed by atoms with Gasteiger partial charge >= 0.3 is 5.97 Å². The van der Waals surface area contributed by atoms with Gasteiger partial charge in [-0.3, -0.25) is 19.5 Å². The molecule has 1 aliphatic rings. The molecule has 6 heteroatoms. The summed E-state index contributed by atoms with van der Waals surface area (Å²) in [5.41, 5.74) is 0.922. The van der Waals surface area contributed by atoms with E-state index in [1.807, 2.05) is 25.1 Å². The molecule has 1 aromatic heterocycles. The Hall–Kier alpha value is -1.95. The van der Waals surface area contributed by atoms with Crippen LogP contribution in [-0.4, -0.2) is 57.4 Å². The van der Waals surface area contributed by atoms with Crippen molar-refractivity contribution in [1.82, 2.24) is 14.8 Å². The van der Waals surface area contributed by atoms with Crippen LogP contribution in [0.25, 0.3) is 0 Å².